The summed E-state index contributed by atoms with van der Waals surface area (Å²) in [5.74, 6) is 0. The van der Waals surface area contributed by atoms with Crippen molar-refractivity contribution in [2.24, 2.45) is 0 Å². The summed E-state index contributed by atoms with van der Waals surface area (Å²) in [5, 5.41) is 7.66. The van der Waals surface area contributed by atoms with Crippen molar-refractivity contribution in [3.05, 3.63) is 76.9 Å². The van der Waals surface area contributed by atoms with Crippen LogP contribution >= 0.6 is 0 Å². The molecule has 0 aliphatic carbocycles. The SMILES string of the molecule is C\C=C/C(=C\C(=C\CC)C(F)(F)F)c1cc2n(n1)CCC2NCc1cncc(C(F)(F)F)c1. The van der Waals surface area contributed by atoms with Crippen LogP contribution in [0.25, 0.3) is 5.57 Å². The molecule has 3 rings (SSSR count). The van der Waals surface area contributed by atoms with Crippen LogP contribution in [-0.2, 0) is 19.3 Å². The summed E-state index contributed by atoms with van der Waals surface area (Å²) in [6.07, 6.45) is -0.472. The van der Waals surface area contributed by atoms with E-state index in [1.165, 1.54) is 6.20 Å². The summed E-state index contributed by atoms with van der Waals surface area (Å²) in [6.45, 7) is 4.06. The zero-order valence-electron chi connectivity index (χ0n) is 18.1. The zero-order valence-corrected chi connectivity index (χ0v) is 18.1. The lowest BCUT2D eigenvalue weighted by molar-refractivity contribution is -0.137. The van der Waals surface area contributed by atoms with Gasteiger partial charge in [0, 0.05) is 31.1 Å². The molecule has 1 aliphatic heterocycles. The monoisotopic (exact) mass is 470 g/mol. The third kappa shape index (κ3) is 6.13. The smallest absolute Gasteiger partial charge is 0.304 e. The standard InChI is InChI=1S/C23H24F6N4/c1-3-5-16(10-17(6-4-2)22(24,25)26)20-11-21-19(7-8-33(21)32-20)31-13-15-9-18(14-30-12-15)23(27,28)29/h3,5-6,9-12,14,19,31H,4,7-8,13H2,1-2H3/b5-3-,16-10+,17-6-. The summed E-state index contributed by atoms with van der Waals surface area (Å²) in [5.41, 5.74) is 0.338. The van der Waals surface area contributed by atoms with Gasteiger partial charge in [0.05, 0.1) is 28.6 Å². The number of halogens is 6. The number of allylic oxidation sites excluding steroid dienone is 6. The van der Waals surface area contributed by atoms with Crippen molar-refractivity contribution < 1.29 is 26.3 Å². The fourth-order valence-corrected chi connectivity index (χ4v) is 3.65. The van der Waals surface area contributed by atoms with Gasteiger partial charge in [0.25, 0.3) is 0 Å². The van der Waals surface area contributed by atoms with Crippen molar-refractivity contribution in [1.29, 1.82) is 0 Å². The summed E-state index contributed by atoms with van der Waals surface area (Å²) in [7, 11) is 0. The molecule has 0 amide bonds. The van der Waals surface area contributed by atoms with Crippen molar-refractivity contribution >= 4 is 5.57 Å². The van der Waals surface area contributed by atoms with E-state index < -0.39 is 23.5 Å². The first kappa shape index (κ1) is 24.8. The summed E-state index contributed by atoms with van der Waals surface area (Å²) in [4.78, 5) is 3.66. The van der Waals surface area contributed by atoms with Gasteiger partial charge < -0.3 is 5.32 Å². The van der Waals surface area contributed by atoms with Crippen LogP contribution in [0, 0.1) is 0 Å². The van der Waals surface area contributed by atoms with Gasteiger partial charge >= 0.3 is 12.4 Å². The Hall–Kier alpha value is -2.88. The first-order valence-corrected chi connectivity index (χ1v) is 10.5. The van der Waals surface area contributed by atoms with Crippen LogP contribution in [0.5, 0.6) is 0 Å². The molecule has 2 aromatic heterocycles. The molecule has 4 nitrogen and oxygen atoms in total. The average molecular weight is 470 g/mol. The zero-order chi connectivity index (χ0) is 24.2. The number of nitrogens with zero attached hydrogens (tertiary/aromatic N) is 3. The number of aromatic nitrogens is 3. The fourth-order valence-electron chi connectivity index (χ4n) is 3.65. The van der Waals surface area contributed by atoms with E-state index in [0.29, 0.717) is 29.8 Å². The molecule has 1 unspecified atom stereocenters. The molecular weight excluding hydrogens is 446 g/mol. The van der Waals surface area contributed by atoms with Gasteiger partial charge in [-0.05, 0) is 43.5 Å². The minimum absolute atomic E-state index is 0.164. The van der Waals surface area contributed by atoms with E-state index in [0.717, 1.165) is 30.1 Å². The Morgan fingerprint density at radius 1 is 1.18 bits per heavy atom. The van der Waals surface area contributed by atoms with Crippen molar-refractivity contribution in [2.75, 3.05) is 0 Å². The normalized spacial score (nSPS) is 17.8. The number of hydrogen-bond acceptors (Lipinski definition) is 3. The second-order valence-electron chi connectivity index (χ2n) is 7.64. The molecule has 0 fully saturated rings. The molecule has 0 spiro atoms. The van der Waals surface area contributed by atoms with E-state index in [4.69, 9.17) is 0 Å². The van der Waals surface area contributed by atoms with E-state index in [1.807, 2.05) is 0 Å². The molecule has 10 heteroatoms. The molecule has 0 radical (unpaired) electrons. The molecule has 1 N–H and O–H groups in total. The van der Waals surface area contributed by atoms with Gasteiger partial charge in [-0.15, -0.1) is 0 Å². The van der Waals surface area contributed by atoms with Crippen LogP contribution in [0.2, 0.25) is 0 Å². The molecule has 178 valence electrons. The Balaban J connectivity index is 1.81. The van der Waals surface area contributed by atoms with Crippen LogP contribution in [-0.4, -0.2) is 20.9 Å². The van der Waals surface area contributed by atoms with Crippen LogP contribution < -0.4 is 5.32 Å². The first-order valence-electron chi connectivity index (χ1n) is 10.5. The van der Waals surface area contributed by atoms with Crippen LogP contribution in [0.15, 0.2) is 54.4 Å². The highest BCUT2D eigenvalue weighted by Crippen LogP contribution is 2.33. The third-order valence-electron chi connectivity index (χ3n) is 5.18. The van der Waals surface area contributed by atoms with Crippen LogP contribution in [0.4, 0.5) is 26.3 Å². The Morgan fingerprint density at radius 2 is 1.94 bits per heavy atom. The number of rotatable bonds is 7. The number of aryl methyl sites for hydroxylation is 1. The van der Waals surface area contributed by atoms with Crippen molar-refractivity contribution in [1.82, 2.24) is 20.1 Å². The van der Waals surface area contributed by atoms with Gasteiger partial charge in [-0.1, -0.05) is 25.2 Å². The van der Waals surface area contributed by atoms with E-state index in [1.54, 1.807) is 36.7 Å². The molecule has 2 aromatic rings. The third-order valence-corrected chi connectivity index (χ3v) is 5.18. The maximum absolute atomic E-state index is 13.4. The molecule has 1 aliphatic rings. The maximum Gasteiger partial charge on any atom is 0.417 e. The second kappa shape index (κ2) is 9.94. The van der Waals surface area contributed by atoms with Crippen molar-refractivity contribution in [3.63, 3.8) is 0 Å². The Labute approximate surface area is 187 Å². The summed E-state index contributed by atoms with van der Waals surface area (Å²) >= 11 is 0. The van der Waals surface area contributed by atoms with Gasteiger partial charge in [-0.25, -0.2) is 0 Å². The maximum atomic E-state index is 13.4. The Kier molecular flexibility index (Phi) is 7.46. The topological polar surface area (TPSA) is 42.7 Å². The van der Waals surface area contributed by atoms with E-state index in [9.17, 15) is 26.3 Å². The highest BCUT2D eigenvalue weighted by atomic mass is 19.4. The second-order valence-corrected chi connectivity index (χ2v) is 7.64. The van der Waals surface area contributed by atoms with Gasteiger partial charge in [-0.2, -0.15) is 31.4 Å². The predicted octanol–water partition coefficient (Wildman–Crippen LogP) is 6.39. The highest BCUT2D eigenvalue weighted by molar-refractivity contribution is 5.74. The molecule has 33 heavy (non-hydrogen) atoms. The minimum Gasteiger partial charge on any atom is -0.304 e. The lowest BCUT2D eigenvalue weighted by Crippen LogP contribution is -2.19. The minimum atomic E-state index is -4.48. The summed E-state index contributed by atoms with van der Waals surface area (Å²) < 4.78 is 80.5. The number of fused-ring (bicyclic) bond motifs is 1. The Bertz CT molecular complexity index is 1060. The van der Waals surface area contributed by atoms with E-state index >= 15 is 0 Å². The van der Waals surface area contributed by atoms with Crippen molar-refractivity contribution in [2.45, 2.75) is 58.2 Å². The van der Waals surface area contributed by atoms with Gasteiger partial charge in [0.2, 0.25) is 0 Å². The quantitative estimate of drug-likeness (QED) is 0.377. The number of hydrogen-bond donors (Lipinski definition) is 1. The molecule has 3 heterocycles. The van der Waals surface area contributed by atoms with Crippen LogP contribution in [0.3, 0.4) is 0 Å². The lowest BCUT2D eigenvalue weighted by atomic mass is 10.0. The molecular formula is C23H24F6N4. The largest absolute Gasteiger partial charge is 0.417 e. The van der Waals surface area contributed by atoms with Gasteiger partial charge in [0.1, 0.15) is 0 Å². The summed E-state index contributed by atoms with van der Waals surface area (Å²) in [6, 6.07) is 2.57. The molecule has 0 bridgehead atoms. The molecule has 0 aromatic carbocycles. The van der Waals surface area contributed by atoms with Crippen molar-refractivity contribution in [3.8, 4) is 0 Å². The number of pyridine rings is 1. The lowest BCUT2D eigenvalue weighted by Gasteiger charge is -2.13. The average Bonchev–Trinajstić information content (AvgIpc) is 3.31. The van der Waals surface area contributed by atoms with Gasteiger partial charge in [0.15, 0.2) is 0 Å². The number of nitrogens with one attached hydrogen (secondary N) is 1. The Morgan fingerprint density at radius 3 is 2.58 bits per heavy atom. The first-order chi connectivity index (χ1) is 15.5. The van der Waals surface area contributed by atoms with E-state index in [2.05, 4.69) is 15.4 Å². The van der Waals surface area contributed by atoms with E-state index in [-0.39, 0.29) is 19.0 Å². The number of alkyl halides is 6. The highest BCUT2D eigenvalue weighted by Gasteiger charge is 2.33. The fraction of sp³-hybridized carbons (Fsp3) is 0.391. The molecule has 0 saturated heterocycles. The van der Waals surface area contributed by atoms with Gasteiger partial charge in [-0.3, -0.25) is 9.67 Å². The molecule has 1 atom stereocenters. The molecule has 0 saturated carbocycles. The predicted molar refractivity (Wildman–Crippen MR) is 113 cm³/mol. The van der Waals surface area contributed by atoms with Crippen LogP contribution in [0.1, 0.15) is 55.2 Å².